The van der Waals surface area contributed by atoms with E-state index in [2.05, 4.69) is 49.3 Å². The van der Waals surface area contributed by atoms with E-state index >= 15 is 0 Å². The molecule has 1 heterocycles. The Morgan fingerprint density at radius 1 is 1.19 bits per heavy atom. The Bertz CT molecular complexity index is 665. The minimum Gasteiger partial charge on any atom is -0.267 e. The van der Waals surface area contributed by atoms with E-state index in [9.17, 15) is 4.79 Å². The van der Waals surface area contributed by atoms with Gasteiger partial charge in [0.15, 0.2) is 0 Å². The van der Waals surface area contributed by atoms with Crippen LogP contribution in [0.4, 0.5) is 0 Å². The van der Waals surface area contributed by atoms with Crippen LogP contribution in [-0.2, 0) is 0 Å². The Morgan fingerprint density at radius 3 is 2.43 bits per heavy atom. The second kappa shape index (κ2) is 6.31. The Morgan fingerprint density at radius 2 is 1.86 bits per heavy atom. The Labute approximate surface area is 124 Å². The van der Waals surface area contributed by atoms with Crippen molar-refractivity contribution in [3.8, 4) is 0 Å². The van der Waals surface area contributed by atoms with Gasteiger partial charge in [0.1, 0.15) is 0 Å². The lowest BCUT2D eigenvalue weighted by Crippen LogP contribution is -2.18. The number of rotatable bonds is 3. The highest BCUT2D eigenvalue weighted by Gasteiger charge is 2.07. The van der Waals surface area contributed by atoms with Crippen LogP contribution in [0.3, 0.4) is 0 Å². The molecule has 1 aromatic carbocycles. The molecule has 0 atom stereocenters. The summed E-state index contributed by atoms with van der Waals surface area (Å²) in [5, 5.41) is 4.07. The third-order valence-electron chi connectivity index (χ3n) is 3.71. The molecule has 4 heteroatoms. The Kier molecular flexibility index (Phi) is 4.48. The molecule has 4 nitrogen and oxygen atoms in total. The second-order valence-electron chi connectivity index (χ2n) is 5.11. The zero-order valence-electron chi connectivity index (χ0n) is 12.8. The van der Waals surface area contributed by atoms with Gasteiger partial charge in [0.05, 0.1) is 11.8 Å². The first-order valence-corrected chi connectivity index (χ1v) is 6.81. The molecule has 21 heavy (non-hydrogen) atoms. The number of pyridine rings is 1. The topological polar surface area (TPSA) is 54.4 Å². The van der Waals surface area contributed by atoms with E-state index in [0.717, 1.165) is 5.56 Å². The molecule has 0 radical (unpaired) electrons. The summed E-state index contributed by atoms with van der Waals surface area (Å²) in [6.07, 6.45) is 4.85. The van der Waals surface area contributed by atoms with E-state index in [4.69, 9.17) is 0 Å². The van der Waals surface area contributed by atoms with E-state index in [1.165, 1.54) is 28.5 Å². The summed E-state index contributed by atoms with van der Waals surface area (Å²) in [6.45, 7) is 8.28. The molecule has 1 amide bonds. The highest BCUT2D eigenvalue weighted by Crippen LogP contribution is 2.19. The van der Waals surface area contributed by atoms with Gasteiger partial charge in [0.25, 0.3) is 5.91 Å². The van der Waals surface area contributed by atoms with Crippen LogP contribution in [-0.4, -0.2) is 17.1 Å². The summed E-state index contributed by atoms with van der Waals surface area (Å²) < 4.78 is 0. The molecule has 0 aliphatic rings. The van der Waals surface area contributed by atoms with E-state index in [1.54, 1.807) is 24.5 Å². The standard InChI is InChI=1S/C17H19N3O/c1-11-8-12(2)14(4)16(13(11)3)10-19-20-17(21)15-6-5-7-18-9-15/h5-10H,1-4H3,(H,20,21)/b19-10+. The molecule has 108 valence electrons. The smallest absolute Gasteiger partial charge is 0.267 e. The fraction of sp³-hybridized carbons (Fsp3) is 0.235. The lowest BCUT2D eigenvalue weighted by atomic mass is 9.95. The largest absolute Gasteiger partial charge is 0.272 e. The second-order valence-corrected chi connectivity index (χ2v) is 5.11. The number of carbonyl (C=O) groups excluding carboxylic acids is 1. The third-order valence-corrected chi connectivity index (χ3v) is 3.71. The lowest BCUT2D eigenvalue weighted by molar-refractivity contribution is 0.0955. The van der Waals surface area contributed by atoms with Crippen molar-refractivity contribution in [3.05, 3.63) is 64.0 Å². The fourth-order valence-corrected chi connectivity index (χ4v) is 2.16. The molecular formula is C17H19N3O. The highest BCUT2D eigenvalue weighted by atomic mass is 16.2. The quantitative estimate of drug-likeness (QED) is 0.694. The Hall–Kier alpha value is -2.49. The molecule has 0 bridgehead atoms. The molecule has 0 spiro atoms. The van der Waals surface area contributed by atoms with Crippen molar-refractivity contribution < 1.29 is 4.79 Å². The van der Waals surface area contributed by atoms with Crippen LogP contribution in [0.2, 0.25) is 0 Å². The number of aryl methyl sites for hydroxylation is 2. The van der Waals surface area contributed by atoms with Gasteiger partial charge < -0.3 is 0 Å². The van der Waals surface area contributed by atoms with E-state index in [-0.39, 0.29) is 5.91 Å². The van der Waals surface area contributed by atoms with Crippen LogP contribution in [0.15, 0.2) is 35.7 Å². The van der Waals surface area contributed by atoms with Crippen LogP contribution in [0.5, 0.6) is 0 Å². The van der Waals surface area contributed by atoms with E-state index < -0.39 is 0 Å². The monoisotopic (exact) mass is 281 g/mol. The van der Waals surface area contributed by atoms with Crippen molar-refractivity contribution in [1.29, 1.82) is 0 Å². The maximum Gasteiger partial charge on any atom is 0.272 e. The van der Waals surface area contributed by atoms with Crippen molar-refractivity contribution in [1.82, 2.24) is 10.4 Å². The maximum atomic E-state index is 11.9. The molecule has 0 saturated heterocycles. The molecule has 1 N–H and O–H groups in total. The number of hydrogen-bond donors (Lipinski definition) is 1. The molecule has 1 aromatic heterocycles. The van der Waals surface area contributed by atoms with Crippen molar-refractivity contribution in [2.24, 2.45) is 5.10 Å². The normalized spacial score (nSPS) is 10.9. The van der Waals surface area contributed by atoms with Crippen molar-refractivity contribution in [2.75, 3.05) is 0 Å². The van der Waals surface area contributed by atoms with Crippen LogP contribution >= 0.6 is 0 Å². The molecule has 0 aliphatic heterocycles. The summed E-state index contributed by atoms with van der Waals surface area (Å²) in [4.78, 5) is 15.8. The van der Waals surface area contributed by atoms with Crippen LogP contribution in [0.25, 0.3) is 0 Å². The van der Waals surface area contributed by atoms with Gasteiger partial charge in [-0.2, -0.15) is 5.10 Å². The summed E-state index contributed by atoms with van der Waals surface area (Å²) in [5.74, 6) is -0.265. The molecule has 0 aliphatic carbocycles. The molecule has 0 unspecified atom stereocenters. The fourth-order valence-electron chi connectivity index (χ4n) is 2.16. The lowest BCUT2D eigenvalue weighted by Gasteiger charge is -2.11. The molecule has 2 rings (SSSR count). The third kappa shape index (κ3) is 3.34. The molecule has 0 saturated carbocycles. The van der Waals surface area contributed by atoms with Gasteiger partial charge in [-0.25, -0.2) is 5.43 Å². The summed E-state index contributed by atoms with van der Waals surface area (Å²) in [6, 6.07) is 5.58. The van der Waals surface area contributed by atoms with Gasteiger partial charge in [-0.05, 0) is 62.1 Å². The average molecular weight is 281 g/mol. The number of carbonyl (C=O) groups is 1. The summed E-state index contributed by atoms with van der Waals surface area (Å²) in [7, 11) is 0. The van der Waals surface area contributed by atoms with Crippen LogP contribution < -0.4 is 5.43 Å². The number of aromatic nitrogens is 1. The molecule has 0 fully saturated rings. The first-order chi connectivity index (χ1) is 10.0. The van der Waals surface area contributed by atoms with E-state index in [1.807, 2.05) is 0 Å². The number of nitrogens with one attached hydrogen (secondary N) is 1. The zero-order valence-corrected chi connectivity index (χ0v) is 12.8. The van der Waals surface area contributed by atoms with Crippen LogP contribution in [0.1, 0.15) is 38.2 Å². The predicted octanol–water partition coefficient (Wildman–Crippen LogP) is 3.08. The van der Waals surface area contributed by atoms with Gasteiger partial charge in [0, 0.05) is 18.0 Å². The highest BCUT2D eigenvalue weighted by molar-refractivity contribution is 5.94. The summed E-state index contributed by atoms with van der Waals surface area (Å²) >= 11 is 0. The minimum atomic E-state index is -0.265. The predicted molar refractivity (Wildman–Crippen MR) is 84.7 cm³/mol. The molecule has 2 aromatic rings. The summed E-state index contributed by atoms with van der Waals surface area (Å²) in [5.41, 5.74) is 8.87. The average Bonchev–Trinajstić information content (AvgIpc) is 2.49. The number of amides is 1. The number of hydrogen-bond acceptors (Lipinski definition) is 3. The van der Waals surface area contributed by atoms with Gasteiger partial charge in [-0.3, -0.25) is 9.78 Å². The van der Waals surface area contributed by atoms with Gasteiger partial charge in [-0.1, -0.05) is 6.07 Å². The maximum absolute atomic E-state index is 11.9. The van der Waals surface area contributed by atoms with Crippen LogP contribution in [0, 0.1) is 27.7 Å². The number of benzene rings is 1. The van der Waals surface area contributed by atoms with Crippen molar-refractivity contribution in [2.45, 2.75) is 27.7 Å². The first kappa shape index (κ1) is 14.9. The zero-order chi connectivity index (χ0) is 15.4. The van der Waals surface area contributed by atoms with Gasteiger partial charge in [0.2, 0.25) is 0 Å². The van der Waals surface area contributed by atoms with Gasteiger partial charge in [-0.15, -0.1) is 0 Å². The Balaban J connectivity index is 2.18. The molecular weight excluding hydrogens is 262 g/mol. The first-order valence-electron chi connectivity index (χ1n) is 6.81. The number of hydrazone groups is 1. The van der Waals surface area contributed by atoms with Crippen molar-refractivity contribution in [3.63, 3.8) is 0 Å². The number of nitrogens with zero attached hydrogens (tertiary/aromatic N) is 2. The minimum absolute atomic E-state index is 0.265. The van der Waals surface area contributed by atoms with E-state index in [0.29, 0.717) is 5.56 Å². The van der Waals surface area contributed by atoms with Crippen molar-refractivity contribution >= 4 is 12.1 Å². The van der Waals surface area contributed by atoms with Gasteiger partial charge >= 0.3 is 0 Å². The SMILES string of the molecule is Cc1cc(C)c(C)c(/C=N/NC(=O)c2cccnc2)c1C.